The van der Waals surface area contributed by atoms with Gasteiger partial charge >= 0.3 is 5.97 Å². The van der Waals surface area contributed by atoms with Crippen LogP contribution in [-0.2, 0) is 21.5 Å². The van der Waals surface area contributed by atoms with Gasteiger partial charge in [0.15, 0.2) is 0 Å². The Morgan fingerprint density at radius 1 is 1.19 bits per heavy atom. The second-order valence-corrected chi connectivity index (χ2v) is 10.6. The Balaban J connectivity index is 1.59. The van der Waals surface area contributed by atoms with E-state index in [1.54, 1.807) is 0 Å². The molecule has 6 heteroatoms. The van der Waals surface area contributed by atoms with Crippen LogP contribution in [0.1, 0.15) is 69.7 Å². The minimum atomic E-state index is -0.400. The lowest BCUT2D eigenvalue weighted by Crippen LogP contribution is -2.44. The highest BCUT2D eigenvalue weighted by Crippen LogP contribution is 2.41. The van der Waals surface area contributed by atoms with Crippen LogP contribution in [0.25, 0.3) is 5.70 Å². The predicted octanol–water partition coefficient (Wildman–Crippen LogP) is 6.08. The summed E-state index contributed by atoms with van der Waals surface area (Å²) in [5, 5.41) is 12.2. The number of carbonyl (C=O) groups is 1. The third-order valence-corrected chi connectivity index (χ3v) is 6.96. The summed E-state index contributed by atoms with van der Waals surface area (Å²) in [6.45, 7) is 13.2. The van der Waals surface area contributed by atoms with E-state index in [1.807, 2.05) is 37.4 Å². The van der Waals surface area contributed by atoms with Gasteiger partial charge in [-0.2, -0.15) is 5.10 Å². The Labute approximate surface area is 214 Å². The molecule has 2 unspecified atom stereocenters. The number of anilines is 1. The van der Waals surface area contributed by atoms with Crippen molar-refractivity contribution in [1.29, 1.82) is 0 Å². The molecular formula is C30H38N4O2. The molecule has 0 saturated carbocycles. The van der Waals surface area contributed by atoms with E-state index >= 15 is 0 Å². The van der Waals surface area contributed by atoms with Crippen molar-refractivity contribution < 1.29 is 9.53 Å². The molecule has 0 radical (unpaired) electrons. The number of benzene rings is 2. The fourth-order valence-electron chi connectivity index (χ4n) is 5.14. The van der Waals surface area contributed by atoms with Crippen LogP contribution in [0, 0.1) is 0 Å². The Morgan fingerprint density at radius 2 is 1.86 bits per heavy atom. The van der Waals surface area contributed by atoms with Gasteiger partial charge in [-0.15, -0.1) is 0 Å². The topological polar surface area (TPSA) is 68.2 Å². The van der Waals surface area contributed by atoms with Crippen molar-refractivity contribution in [1.82, 2.24) is 15.1 Å². The van der Waals surface area contributed by atoms with Crippen molar-refractivity contribution in [2.24, 2.45) is 0 Å². The zero-order valence-corrected chi connectivity index (χ0v) is 21.9. The van der Waals surface area contributed by atoms with Crippen LogP contribution in [-0.4, -0.2) is 27.9 Å². The van der Waals surface area contributed by atoms with E-state index in [1.165, 1.54) is 11.1 Å². The summed E-state index contributed by atoms with van der Waals surface area (Å²) >= 11 is 0. The number of hydrogen-bond acceptors (Lipinski definition) is 5. The fourth-order valence-corrected chi connectivity index (χ4v) is 5.14. The van der Waals surface area contributed by atoms with Crippen molar-refractivity contribution in [2.45, 2.75) is 70.5 Å². The smallest absolute Gasteiger partial charge is 0.305 e. The van der Waals surface area contributed by atoms with Crippen LogP contribution < -0.4 is 10.6 Å². The first kappa shape index (κ1) is 25.5. The summed E-state index contributed by atoms with van der Waals surface area (Å²) < 4.78 is 7.27. The molecule has 0 saturated heterocycles. The van der Waals surface area contributed by atoms with E-state index < -0.39 is 5.54 Å². The van der Waals surface area contributed by atoms with Crippen LogP contribution >= 0.6 is 0 Å². The van der Waals surface area contributed by atoms with Crippen LogP contribution in [0.3, 0.4) is 0 Å². The first-order valence-electron chi connectivity index (χ1n) is 12.8. The van der Waals surface area contributed by atoms with Gasteiger partial charge in [-0.1, -0.05) is 67.2 Å². The predicted molar refractivity (Wildman–Crippen MR) is 146 cm³/mol. The maximum absolute atomic E-state index is 12.2. The van der Waals surface area contributed by atoms with E-state index in [-0.39, 0.29) is 17.6 Å². The molecule has 2 heterocycles. The molecule has 2 atom stereocenters. The number of aromatic nitrogens is 2. The molecule has 1 aromatic heterocycles. The number of nitrogens with zero attached hydrogens (tertiary/aromatic N) is 2. The monoisotopic (exact) mass is 486 g/mol. The van der Waals surface area contributed by atoms with Crippen molar-refractivity contribution in [3.8, 4) is 0 Å². The SMILES string of the molecule is C=C(NC(C)(CCC(=O)OCC)Cc1ccccc1)c1cnn2c1NC(c1ccccc1)CC2(C)C. The van der Waals surface area contributed by atoms with Gasteiger partial charge in [0, 0.05) is 17.7 Å². The van der Waals surface area contributed by atoms with Crippen molar-refractivity contribution in [2.75, 3.05) is 11.9 Å². The normalized spacial score (nSPS) is 17.8. The molecule has 1 aliphatic rings. The van der Waals surface area contributed by atoms with Gasteiger partial charge in [-0.25, -0.2) is 4.68 Å². The fraction of sp³-hybridized carbons (Fsp3) is 0.400. The van der Waals surface area contributed by atoms with E-state index in [9.17, 15) is 4.79 Å². The summed E-state index contributed by atoms with van der Waals surface area (Å²) in [6, 6.07) is 21.0. The molecule has 0 aliphatic carbocycles. The maximum Gasteiger partial charge on any atom is 0.305 e. The second-order valence-electron chi connectivity index (χ2n) is 10.6. The molecule has 4 rings (SSSR count). The van der Waals surface area contributed by atoms with Gasteiger partial charge in [-0.05, 0) is 58.1 Å². The number of rotatable bonds is 10. The molecule has 0 fully saturated rings. The number of esters is 1. The lowest BCUT2D eigenvalue weighted by atomic mass is 9.87. The number of hydrogen-bond donors (Lipinski definition) is 2. The quantitative estimate of drug-likeness (QED) is 0.340. The standard InChI is InChI=1S/C30H38N4O2/c1-6-36-27(35)17-18-30(5,19-23-13-9-7-10-14-23)33-22(2)25-21-31-34-28(25)32-26(20-29(34,3)4)24-15-11-8-12-16-24/h7-16,21,26,32-33H,2,6,17-20H2,1,3-5H3. The minimum absolute atomic E-state index is 0.156. The maximum atomic E-state index is 12.2. The molecular weight excluding hydrogens is 448 g/mol. The molecule has 1 aliphatic heterocycles. The lowest BCUT2D eigenvalue weighted by molar-refractivity contribution is -0.143. The highest BCUT2D eigenvalue weighted by molar-refractivity contribution is 5.73. The Kier molecular flexibility index (Phi) is 7.53. The molecule has 2 N–H and O–H groups in total. The molecule has 0 spiro atoms. The van der Waals surface area contributed by atoms with E-state index in [0.29, 0.717) is 19.4 Å². The molecule has 6 nitrogen and oxygen atoms in total. The van der Waals surface area contributed by atoms with Crippen molar-refractivity contribution >= 4 is 17.5 Å². The molecule has 190 valence electrons. The van der Waals surface area contributed by atoms with Gasteiger partial charge in [-0.3, -0.25) is 4.79 Å². The summed E-state index contributed by atoms with van der Waals surface area (Å²) in [4.78, 5) is 12.2. The molecule has 36 heavy (non-hydrogen) atoms. The summed E-state index contributed by atoms with van der Waals surface area (Å²) in [6.07, 6.45) is 4.53. The molecule has 0 amide bonds. The lowest BCUT2D eigenvalue weighted by Gasteiger charge is -2.39. The second kappa shape index (κ2) is 10.6. The average Bonchev–Trinajstić information content (AvgIpc) is 3.29. The third kappa shape index (κ3) is 5.81. The molecule has 0 bridgehead atoms. The Hall–Kier alpha value is -3.54. The first-order chi connectivity index (χ1) is 17.2. The van der Waals surface area contributed by atoms with Crippen LogP contribution in [0.4, 0.5) is 5.82 Å². The zero-order chi connectivity index (χ0) is 25.8. The third-order valence-electron chi connectivity index (χ3n) is 6.96. The van der Waals surface area contributed by atoms with E-state index in [0.717, 1.165) is 29.9 Å². The van der Waals surface area contributed by atoms with Gasteiger partial charge in [0.25, 0.3) is 0 Å². The molecule has 3 aromatic rings. The van der Waals surface area contributed by atoms with E-state index in [2.05, 4.69) is 79.1 Å². The van der Waals surface area contributed by atoms with Gasteiger partial charge < -0.3 is 15.4 Å². The summed E-state index contributed by atoms with van der Waals surface area (Å²) in [5.74, 6) is 0.784. The number of carbonyl (C=O) groups excluding carboxylic acids is 1. The van der Waals surface area contributed by atoms with Crippen LogP contribution in [0.15, 0.2) is 73.4 Å². The number of nitrogens with one attached hydrogen (secondary N) is 2. The van der Waals surface area contributed by atoms with Crippen molar-refractivity contribution in [3.63, 3.8) is 0 Å². The number of ether oxygens (including phenoxy) is 1. The highest BCUT2D eigenvalue weighted by Gasteiger charge is 2.36. The first-order valence-corrected chi connectivity index (χ1v) is 12.8. The van der Waals surface area contributed by atoms with Crippen LogP contribution in [0.5, 0.6) is 0 Å². The number of fused-ring (bicyclic) bond motifs is 1. The molecule has 2 aromatic carbocycles. The van der Waals surface area contributed by atoms with Crippen LogP contribution in [0.2, 0.25) is 0 Å². The van der Waals surface area contributed by atoms with E-state index in [4.69, 9.17) is 9.84 Å². The average molecular weight is 487 g/mol. The van der Waals surface area contributed by atoms with Gasteiger partial charge in [0.05, 0.1) is 29.9 Å². The summed E-state index contributed by atoms with van der Waals surface area (Å²) in [5.41, 5.74) is 3.63. The Bertz CT molecular complexity index is 1190. The zero-order valence-electron chi connectivity index (χ0n) is 21.9. The van der Waals surface area contributed by atoms with Gasteiger partial charge in [0.1, 0.15) is 5.82 Å². The van der Waals surface area contributed by atoms with Crippen molar-refractivity contribution in [3.05, 3.63) is 90.1 Å². The Morgan fingerprint density at radius 3 is 2.53 bits per heavy atom. The largest absolute Gasteiger partial charge is 0.466 e. The minimum Gasteiger partial charge on any atom is -0.466 e. The highest BCUT2D eigenvalue weighted by atomic mass is 16.5. The summed E-state index contributed by atoms with van der Waals surface area (Å²) in [7, 11) is 0. The van der Waals surface area contributed by atoms with Gasteiger partial charge in [0.2, 0.25) is 0 Å².